The van der Waals surface area contributed by atoms with Gasteiger partial charge < -0.3 is 14.8 Å². The standard InChI is InChI=1S/C15H29F3N2O3S/c1-13(2,3)23-8-12(21)19-6-11(16)7-22-10-15(17,18)9-20-14(4,5)24/h11,20,24H,6-10H2,1-5H3,(H,19,21). The number of carbonyl (C=O) groups is 1. The van der Waals surface area contributed by atoms with Gasteiger partial charge in [0.2, 0.25) is 5.91 Å². The van der Waals surface area contributed by atoms with Crippen LogP contribution in [0.15, 0.2) is 0 Å². The highest BCUT2D eigenvalue weighted by Gasteiger charge is 2.31. The second-order valence-electron chi connectivity index (χ2n) is 7.09. The Morgan fingerprint density at radius 1 is 1.21 bits per heavy atom. The highest BCUT2D eigenvalue weighted by atomic mass is 32.1. The predicted octanol–water partition coefficient (Wildman–Crippen LogP) is 2.16. The molecule has 0 spiro atoms. The Labute approximate surface area is 147 Å². The van der Waals surface area contributed by atoms with Gasteiger partial charge in [-0.15, -0.1) is 0 Å². The summed E-state index contributed by atoms with van der Waals surface area (Å²) in [5.41, 5.74) is -0.475. The van der Waals surface area contributed by atoms with Crippen LogP contribution in [0.4, 0.5) is 13.2 Å². The lowest BCUT2D eigenvalue weighted by molar-refractivity contribution is -0.131. The third kappa shape index (κ3) is 15.0. The van der Waals surface area contributed by atoms with E-state index in [1.807, 2.05) is 0 Å². The molecule has 0 aromatic carbocycles. The minimum absolute atomic E-state index is 0.194. The monoisotopic (exact) mass is 374 g/mol. The van der Waals surface area contributed by atoms with Gasteiger partial charge in [-0.3, -0.25) is 10.1 Å². The molecule has 0 heterocycles. The van der Waals surface area contributed by atoms with E-state index in [0.717, 1.165) is 0 Å². The molecule has 1 atom stereocenters. The van der Waals surface area contributed by atoms with E-state index < -0.39 is 48.2 Å². The van der Waals surface area contributed by atoms with Crippen LogP contribution in [0.3, 0.4) is 0 Å². The Morgan fingerprint density at radius 2 is 1.79 bits per heavy atom. The van der Waals surface area contributed by atoms with Crippen molar-refractivity contribution >= 4 is 18.5 Å². The average Bonchev–Trinajstić information content (AvgIpc) is 2.39. The normalized spacial score (nSPS) is 14.5. The van der Waals surface area contributed by atoms with Crippen LogP contribution in [-0.2, 0) is 14.3 Å². The Morgan fingerprint density at radius 3 is 2.29 bits per heavy atom. The molecule has 0 aliphatic heterocycles. The second-order valence-corrected chi connectivity index (χ2v) is 8.20. The minimum atomic E-state index is -3.14. The molecule has 0 radical (unpaired) electrons. The van der Waals surface area contributed by atoms with Crippen LogP contribution in [0.25, 0.3) is 0 Å². The quantitative estimate of drug-likeness (QED) is 0.383. The molecule has 0 saturated heterocycles. The van der Waals surface area contributed by atoms with Crippen LogP contribution in [0.1, 0.15) is 34.6 Å². The van der Waals surface area contributed by atoms with Gasteiger partial charge in [0, 0.05) is 0 Å². The van der Waals surface area contributed by atoms with Crippen LogP contribution >= 0.6 is 12.6 Å². The van der Waals surface area contributed by atoms with E-state index in [1.54, 1.807) is 34.6 Å². The van der Waals surface area contributed by atoms with Gasteiger partial charge in [0.05, 0.1) is 30.2 Å². The molecule has 0 bridgehead atoms. The smallest absolute Gasteiger partial charge is 0.283 e. The molecule has 0 aliphatic rings. The Kier molecular flexibility index (Phi) is 9.63. The van der Waals surface area contributed by atoms with Gasteiger partial charge in [0.1, 0.15) is 19.4 Å². The summed E-state index contributed by atoms with van der Waals surface area (Å²) in [5, 5.41) is 4.85. The van der Waals surface area contributed by atoms with Gasteiger partial charge >= 0.3 is 0 Å². The van der Waals surface area contributed by atoms with E-state index in [4.69, 9.17) is 9.47 Å². The van der Waals surface area contributed by atoms with E-state index in [2.05, 4.69) is 23.3 Å². The topological polar surface area (TPSA) is 59.6 Å². The Balaban J connectivity index is 3.89. The number of rotatable bonds is 11. The summed E-state index contributed by atoms with van der Waals surface area (Å²) in [7, 11) is 0. The fourth-order valence-corrected chi connectivity index (χ4v) is 1.43. The maximum absolute atomic E-state index is 13.5. The number of ether oxygens (including phenoxy) is 2. The van der Waals surface area contributed by atoms with Gasteiger partial charge in [-0.25, -0.2) is 13.2 Å². The lowest BCUT2D eigenvalue weighted by Gasteiger charge is -2.24. The van der Waals surface area contributed by atoms with Crippen molar-refractivity contribution in [3.63, 3.8) is 0 Å². The van der Waals surface area contributed by atoms with Gasteiger partial charge in [0.15, 0.2) is 0 Å². The highest BCUT2D eigenvalue weighted by molar-refractivity contribution is 7.81. The van der Waals surface area contributed by atoms with E-state index in [1.165, 1.54) is 0 Å². The average molecular weight is 374 g/mol. The van der Waals surface area contributed by atoms with Gasteiger partial charge in [-0.2, -0.15) is 12.6 Å². The van der Waals surface area contributed by atoms with Crippen molar-refractivity contribution in [2.75, 3.05) is 32.9 Å². The molecule has 0 aromatic heterocycles. The SMILES string of the molecule is CC(C)(S)NCC(F)(F)COCC(F)CNC(=O)COC(C)(C)C. The van der Waals surface area contributed by atoms with Gasteiger partial charge in [0.25, 0.3) is 5.92 Å². The second kappa shape index (κ2) is 9.84. The van der Waals surface area contributed by atoms with E-state index >= 15 is 0 Å². The number of hydrogen-bond donors (Lipinski definition) is 3. The number of hydrogen-bond acceptors (Lipinski definition) is 5. The van der Waals surface area contributed by atoms with Crippen LogP contribution in [0.5, 0.6) is 0 Å². The number of carbonyl (C=O) groups excluding carboxylic acids is 1. The van der Waals surface area contributed by atoms with Crippen molar-refractivity contribution in [1.29, 1.82) is 0 Å². The van der Waals surface area contributed by atoms with Crippen molar-refractivity contribution in [2.45, 2.75) is 57.2 Å². The van der Waals surface area contributed by atoms with E-state index in [-0.39, 0.29) is 13.2 Å². The van der Waals surface area contributed by atoms with Crippen molar-refractivity contribution in [3.8, 4) is 0 Å². The lowest BCUT2D eigenvalue weighted by Crippen LogP contribution is -2.44. The minimum Gasteiger partial charge on any atom is -0.372 e. The molecule has 2 N–H and O–H groups in total. The fourth-order valence-electron chi connectivity index (χ4n) is 1.35. The van der Waals surface area contributed by atoms with Crippen molar-refractivity contribution in [1.82, 2.24) is 10.6 Å². The zero-order valence-electron chi connectivity index (χ0n) is 14.9. The summed E-state index contributed by atoms with van der Waals surface area (Å²) in [5.74, 6) is -3.61. The van der Waals surface area contributed by atoms with Gasteiger partial charge in [-0.05, 0) is 34.6 Å². The van der Waals surface area contributed by atoms with Crippen molar-refractivity contribution in [3.05, 3.63) is 0 Å². The molecule has 24 heavy (non-hydrogen) atoms. The number of halogens is 3. The van der Waals surface area contributed by atoms with Crippen LogP contribution in [0, 0.1) is 0 Å². The van der Waals surface area contributed by atoms with Crippen LogP contribution in [-0.4, -0.2) is 61.4 Å². The van der Waals surface area contributed by atoms with Crippen molar-refractivity contribution in [2.24, 2.45) is 0 Å². The number of thiol groups is 1. The third-order valence-corrected chi connectivity index (χ3v) is 2.71. The van der Waals surface area contributed by atoms with E-state index in [9.17, 15) is 18.0 Å². The number of amides is 1. The molecular formula is C15H29F3N2O3S. The summed E-state index contributed by atoms with van der Waals surface area (Å²) >= 11 is 4.08. The van der Waals surface area contributed by atoms with E-state index in [0.29, 0.717) is 0 Å². The van der Waals surface area contributed by atoms with Crippen LogP contribution < -0.4 is 10.6 Å². The first kappa shape index (κ1) is 23.5. The lowest BCUT2D eigenvalue weighted by atomic mass is 10.2. The Hall–Kier alpha value is -0.510. The maximum atomic E-state index is 13.5. The molecule has 144 valence electrons. The third-order valence-electron chi connectivity index (χ3n) is 2.55. The zero-order chi connectivity index (χ0) is 19.0. The maximum Gasteiger partial charge on any atom is 0.283 e. The first-order chi connectivity index (χ1) is 10.7. The Bertz CT molecular complexity index is 385. The number of alkyl halides is 3. The summed E-state index contributed by atoms with van der Waals surface area (Å²) in [6, 6.07) is 0. The highest BCUT2D eigenvalue weighted by Crippen LogP contribution is 2.16. The molecule has 0 rings (SSSR count). The molecule has 1 amide bonds. The number of nitrogens with one attached hydrogen (secondary N) is 2. The van der Waals surface area contributed by atoms with Crippen LogP contribution in [0.2, 0.25) is 0 Å². The summed E-state index contributed by atoms with van der Waals surface area (Å²) in [4.78, 5) is 10.7. The molecule has 0 fully saturated rings. The first-order valence-electron chi connectivity index (χ1n) is 7.68. The molecule has 5 nitrogen and oxygen atoms in total. The summed E-state index contributed by atoms with van der Waals surface area (Å²) in [6.45, 7) is 6.06. The van der Waals surface area contributed by atoms with Gasteiger partial charge in [-0.1, -0.05) is 0 Å². The predicted molar refractivity (Wildman–Crippen MR) is 90.4 cm³/mol. The summed E-state index contributed by atoms with van der Waals surface area (Å²) in [6.07, 6.45) is -1.58. The molecule has 0 saturated carbocycles. The first-order valence-corrected chi connectivity index (χ1v) is 8.13. The molecular weight excluding hydrogens is 345 g/mol. The zero-order valence-corrected chi connectivity index (χ0v) is 15.8. The summed E-state index contributed by atoms with van der Waals surface area (Å²) < 4.78 is 50.5. The largest absolute Gasteiger partial charge is 0.372 e. The molecule has 0 aromatic rings. The molecule has 1 unspecified atom stereocenters. The van der Waals surface area contributed by atoms with Crippen molar-refractivity contribution < 1.29 is 27.4 Å². The fraction of sp³-hybridized carbons (Fsp3) is 0.933. The molecule has 0 aliphatic carbocycles. The molecule has 9 heteroatoms.